The monoisotopic (exact) mass is 217 g/mol. The van der Waals surface area contributed by atoms with Gasteiger partial charge in [0.15, 0.2) is 5.78 Å². The van der Waals surface area contributed by atoms with E-state index in [-0.39, 0.29) is 18.6 Å². The first-order valence-corrected chi connectivity index (χ1v) is 5.30. The summed E-state index contributed by atoms with van der Waals surface area (Å²) in [4.78, 5) is 11.8. The summed E-state index contributed by atoms with van der Waals surface area (Å²) in [5.74, 6) is 0.550. The van der Waals surface area contributed by atoms with E-state index in [1.54, 1.807) is 13.2 Å². The summed E-state index contributed by atoms with van der Waals surface area (Å²) in [6.45, 7) is 2.03. The molecule has 0 aliphatic rings. The van der Waals surface area contributed by atoms with Gasteiger partial charge in [-0.05, 0) is 24.1 Å². The van der Waals surface area contributed by atoms with Crippen LogP contribution in [0.1, 0.15) is 35.7 Å². The molecular weight excluding hydrogens is 202 g/mol. The maximum absolute atomic E-state index is 11.8. The number of Topliss-reactive ketones (excluding diaryl/α,β-unsaturated/α-hetero) is 1. The first-order chi connectivity index (χ1) is 7.72. The van der Waals surface area contributed by atoms with Gasteiger partial charge in [-0.25, -0.2) is 0 Å². The number of carbonyl (C=O) groups is 1. The molecule has 0 aliphatic heterocycles. The predicted octanol–water partition coefficient (Wildman–Crippen LogP) is 2.74. The molecule has 1 aromatic rings. The van der Waals surface area contributed by atoms with E-state index in [1.165, 1.54) is 0 Å². The third-order valence-electron chi connectivity index (χ3n) is 2.44. The highest BCUT2D eigenvalue weighted by atomic mass is 16.5. The summed E-state index contributed by atoms with van der Waals surface area (Å²) in [5.41, 5.74) is 1.68. The van der Waals surface area contributed by atoms with Gasteiger partial charge in [0.05, 0.1) is 18.7 Å². The van der Waals surface area contributed by atoms with Crippen LogP contribution >= 0.6 is 0 Å². The Kier molecular flexibility index (Phi) is 4.53. The van der Waals surface area contributed by atoms with Gasteiger partial charge in [-0.2, -0.15) is 5.26 Å². The van der Waals surface area contributed by atoms with Crippen LogP contribution in [0.5, 0.6) is 5.75 Å². The Morgan fingerprint density at radius 2 is 2.25 bits per heavy atom. The summed E-state index contributed by atoms with van der Waals surface area (Å²) < 4.78 is 5.14. The molecule has 0 N–H and O–H groups in total. The van der Waals surface area contributed by atoms with Gasteiger partial charge in [0.25, 0.3) is 0 Å². The van der Waals surface area contributed by atoms with Crippen molar-refractivity contribution >= 4 is 5.78 Å². The van der Waals surface area contributed by atoms with Gasteiger partial charge in [0, 0.05) is 12.8 Å². The van der Waals surface area contributed by atoms with E-state index in [2.05, 4.69) is 0 Å². The Morgan fingerprint density at radius 1 is 1.50 bits per heavy atom. The lowest BCUT2D eigenvalue weighted by molar-refractivity contribution is 0.0981. The molecule has 0 radical (unpaired) electrons. The Bertz CT molecular complexity index is 418. The third kappa shape index (κ3) is 2.83. The number of methoxy groups -OCH3 is 1. The van der Waals surface area contributed by atoms with Crippen LogP contribution in [0, 0.1) is 11.3 Å². The summed E-state index contributed by atoms with van der Waals surface area (Å²) in [6.07, 6.45) is 1.38. The zero-order valence-electron chi connectivity index (χ0n) is 9.62. The van der Waals surface area contributed by atoms with E-state index in [0.717, 1.165) is 12.0 Å². The number of nitriles is 1. The molecule has 0 amide bonds. The molecule has 3 heteroatoms. The van der Waals surface area contributed by atoms with E-state index in [4.69, 9.17) is 10.00 Å². The molecule has 0 heterocycles. The van der Waals surface area contributed by atoms with Crippen LogP contribution in [-0.4, -0.2) is 12.9 Å². The van der Waals surface area contributed by atoms with Crippen molar-refractivity contribution in [1.82, 2.24) is 0 Å². The quantitative estimate of drug-likeness (QED) is 0.712. The molecule has 0 spiro atoms. The molecule has 16 heavy (non-hydrogen) atoms. The largest absolute Gasteiger partial charge is 0.496 e. The molecule has 0 saturated heterocycles. The lowest BCUT2D eigenvalue weighted by atomic mass is 10.0. The fourth-order valence-corrected chi connectivity index (χ4v) is 1.50. The minimum atomic E-state index is -0.0336. The zero-order chi connectivity index (χ0) is 12.0. The number of nitrogens with zero attached hydrogens (tertiary/aromatic N) is 1. The first-order valence-electron chi connectivity index (χ1n) is 5.30. The van der Waals surface area contributed by atoms with Crippen molar-refractivity contribution in [2.24, 2.45) is 0 Å². The summed E-state index contributed by atoms with van der Waals surface area (Å²) in [5, 5.41) is 8.46. The van der Waals surface area contributed by atoms with Gasteiger partial charge in [-0.1, -0.05) is 13.0 Å². The Balaban J connectivity index is 2.99. The minimum absolute atomic E-state index is 0.0336. The third-order valence-corrected chi connectivity index (χ3v) is 2.44. The molecule has 0 aromatic heterocycles. The smallest absolute Gasteiger partial charge is 0.167 e. The van der Waals surface area contributed by atoms with Crippen LogP contribution in [0.15, 0.2) is 18.2 Å². The van der Waals surface area contributed by atoms with Crippen molar-refractivity contribution in [3.05, 3.63) is 29.3 Å². The van der Waals surface area contributed by atoms with Crippen LogP contribution < -0.4 is 4.74 Å². The number of benzene rings is 1. The standard InChI is InChI=1S/C13H15NO2/c1-3-10-6-7-13(16-2)11(9-10)12(15)5-4-8-14/h6-7,9H,3-5H2,1-2H3. The minimum Gasteiger partial charge on any atom is -0.496 e. The lowest BCUT2D eigenvalue weighted by Crippen LogP contribution is -2.02. The van der Waals surface area contributed by atoms with E-state index in [0.29, 0.717) is 11.3 Å². The molecule has 0 fully saturated rings. The van der Waals surface area contributed by atoms with Gasteiger partial charge in [0.1, 0.15) is 5.75 Å². The van der Waals surface area contributed by atoms with Gasteiger partial charge >= 0.3 is 0 Å². The maximum atomic E-state index is 11.8. The van der Waals surface area contributed by atoms with Crippen molar-refractivity contribution in [1.29, 1.82) is 5.26 Å². The fraction of sp³-hybridized carbons (Fsp3) is 0.385. The van der Waals surface area contributed by atoms with E-state index < -0.39 is 0 Å². The van der Waals surface area contributed by atoms with Crippen LogP contribution in [0.2, 0.25) is 0 Å². The first kappa shape index (κ1) is 12.3. The van der Waals surface area contributed by atoms with Gasteiger partial charge < -0.3 is 4.74 Å². The predicted molar refractivity (Wildman–Crippen MR) is 61.5 cm³/mol. The number of carbonyl (C=O) groups excluding carboxylic acids is 1. The normalized spacial score (nSPS) is 9.56. The Morgan fingerprint density at radius 3 is 2.81 bits per heavy atom. The Labute approximate surface area is 95.7 Å². The van der Waals surface area contributed by atoms with E-state index in [9.17, 15) is 4.79 Å². The van der Waals surface area contributed by atoms with Gasteiger partial charge in [0.2, 0.25) is 0 Å². The number of hydrogen-bond donors (Lipinski definition) is 0. The average molecular weight is 217 g/mol. The molecule has 1 rings (SSSR count). The van der Waals surface area contributed by atoms with Gasteiger partial charge in [-0.15, -0.1) is 0 Å². The number of ketones is 1. The van der Waals surface area contributed by atoms with Crippen LogP contribution in [0.3, 0.4) is 0 Å². The summed E-state index contributed by atoms with van der Waals surface area (Å²) in [7, 11) is 1.54. The molecular formula is C13H15NO2. The molecule has 0 saturated carbocycles. The van der Waals surface area contributed by atoms with Crippen LogP contribution in [0.4, 0.5) is 0 Å². The topological polar surface area (TPSA) is 50.1 Å². The number of rotatable bonds is 5. The van der Waals surface area contributed by atoms with Crippen molar-refractivity contribution in [3.63, 3.8) is 0 Å². The second-order valence-corrected chi connectivity index (χ2v) is 3.47. The lowest BCUT2D eigenvalue weighted by Gasteiger charge is -2.08. The average Bonchev–Trinajstić information content (AvgIpc) is 2.35. The van der Waals surface area contributed by atoms with Crippen LogP contribution in [-0.2, 0) is 6.42 Å². The molecule has 0 aliphatic carbocycles. The number of aryl methyl sites for hydroxylation is 1. The highest BCUT2D eigenvalue weighted by Crippen LogP contribution is 2.22. The van der Waals surface area contributed by atoms with Gasteiger partial charge in [-0.3, -0.25) is 4.79 Å². The Hall–Kier alpha value is -1.82. The van der Waals surface area contributed by atoms with E-state index in [1.807, 2.05) is 25.1 Å². The molecule has 0 unspecified atom stereocenters. The number of hydrogen-bond acceptors (Lipinski definition) is 3. The second-order valence-electron chi connectivity index (χ2n) is 3.47. The van der Waals surface area contributed by atoms with E-state index >= 15 is 0 Å². The van der Waals surface area contributed by atoms with Crippen molar-refractivity contribution in [2.75, 3.05) is 7.11 Å². The van der Waals surface area contributed by atoms with Crippen molar-refractivity contribution in [3.8, 4) is 11.8 Å². The molecule has 0 bridgehead atoms. The molecule has 1 aromatic carbocycles. The fourth-order valence-electron chi connectivity index (χ4n) is 1.50. The van der Waals surface area contributed by atoms with Crippen molar-refractivity contribution in [2.45, 2.75) is 26.2 Å². The second kappa shape index (κ2) is 5.92. The summed E-state index contributed by atoms with van der Waals surface area (Å²) in [6, 6.07) is 7.57. The highest BCUT2D eigenvalue weighted by Gasteiger charge is 2.12. The van der Waals surface area contributed by atoms with Crippen molar-refractivity contribution < 1.29 is 9.53 Å². The maximum Gasteiger partial charge on any atom is 0.167 e. The van der Waals surface area contributed by atoms with Crippen LogP contribution in [0.25, 0.3) is 0 Å². The molecule has 3 nitrogen and oxygen atoms in total. The highest BCUT2D eigenvalue weighted by molar-refractivity contribution is 5.98. The zero-order valence-corrected chi connectivity index (χ0v) is 9.62. The molecule has 0 atom stereocenters. The number of ether oxygens (including phenoxy) is 1. The summed E-state index contributed by atoms with van der Waals surface area (Å²) >= 11 is 0. The SMILES string of the molecule is CCc1ccc(OC)c(C(=O)CCC#N)c1. The molecule has 84 valence electrons.